The SMILES string of the molecule is CN(Cc1ccccc1)C(=O)COC(=O)COc1ccccc1[N+](=O)[O-]. The van der Waals surface area contributed by atoms with Crippen LogP contribution in [0.3, 0.4) is 0 Å². The number of ether oxygens (including phenoxy) is 2. The summed E-state index contributed by atoms with van der Waals surface area (Å²) in [6.07, 6.45) is 0. The maximum atomic E-state index is 12.0. The molecule has 2 aromatic carbocycles. The van der Waals surface area contributed by atoms with Gasteiger partial charge in [-0.2, -0.15) is 0 Å². The molecule has 0 saturated heterocycles. The van der Waals surface area contributed by atoms with Crippen LogP contribution in [0.4, 0.5) is 5.69 Å². The van der Waals surface area contributed by atoms with E-state index in [9.17, 15) is 19.7 Å². The second kappa shape index (κ2) is 9.16. The van der Waals surface area contributed by atoms with Gasteiger partial charge in [-0.25, -0.2) is 4.79 Å². The summed E-state index contributed by atoms with van der Waals surface area (Å²) in [6.45, 7) is -0.563. The number of para-hydroxylation sites is 2. The first-order chi connectivity index (χ1) is 12.5. The van der Waals surface area contributed by atoms with Crippen LogP contribution in [0.5, 0.6) is 5.75 Å². The lowest BCUT2D eigenvalue weighted by molar-refractivity contribution is -0.385. The molecule has 0 aliphatic heterocycles. The van der Waals surface area contributed by atoms with Crippen LogP contribution >= 0.6 is 0 Å². The average Bonchev–Trinajstić information content (AvgIpc) is 2.65. The van der Waals surface area contributed by atoms with E-state index in [1.807, 2.05) is 30.3 Å². The van der Waals surface area contributed by atoms with Gasteiger partial charge in [0.05, 0.1) is 4.92 Å². The maximum Gasteiger partial charge on any atom is 0.344 e. The van der Waals surface area contributed by atoms with E-state index in [1.54, 1.807) is 13.1 Å². The number of nitro groups is 1. The van der Waals surface area contributed by atoms with Gasteiger partial charge in [0.15, 0.2) is 19.0 Å². The normalized spacial score (nSPS) is 10.0. The van der Waals surface area contributed by atoms with E-state index in [0.717, 1.165) is 5.56 Å². The smallest absolute Gasteiger partial charge is 0.344 e. The Kier molecular flexibility index (Phi) is 6.67. The zero-order chi connectivity index (χ0) is 18.9. The molecule has 136 valence electrons. The van der Waals surface area contributed by atoms with Crippen molar-refractivity contribution >= 4 is 17.6 Å². The number of rotatable bonds is 8. The number of esters is 1. The van der Waals surface area contributed by atoms with Crippen molar-refractivity contribution in [2.45, 2.75) is 6.54 Å². The van der Waals surface area contributed by atoms with Crippen molar-refractivity contribution in [3.63, 3.8) is 0 Å². The van der Waals surface area contributed by atoms with Gasteiger partial charge < -0.3 is 14.4 Å². The standard InChI is InChI=1S/C18H18N2O6/c1-19(11-14-7-3-2-4-8-14)17(21)12-26-18(22)13-25-16-10-6-5-9-15(16)20(23)24/h2-10H,11-13H2,1H3. The first-order valence-corrected chi connectivity index (χ1v) is 7.77. The van der Waals surface area contributed by atoms with Gasteiger partial charge in [0.2, 0.25) is 0 Å². The van der Waals surface area contributed by atoms with Gasteiger partial charge in [-0.1, -0.05) is 42.5 Å². The molecule has 0 atom stereocenters. The third-order valence-electron chi connectivity index (χ3n) is 3.45. The first-order valence-electron chi connectivity index (χ1n) is 7.77. The van der Waals surface area contributed by atoms with E-state index in [4.69, 9.17) is 9.47 Å². The Bertz CT molecular complexity index is 778. The molecule has 8 nitrogen and oxygen atoms in total. The third-order valence-corrected chi connectivity index (χ3v) is 3.45. The summed E-state index contributed by atoms with van der Waals surface area (Å²) in [4.78, 5) is 35.4. The molecule has 2 aromatic rings. The highest BCUT2D eigenvalue weighted by Gasteiger charge is 2.17. The summed E-state index contributed by atoms with van der Waals surface area (Å²) >= 11 is 0. The lowest BCUT2D eigenvalue weighted by Crippen LogP contribution is -2.31. The Hall–Kier alpha value is -3.42. The molecule has 0 aromatic heterocycles. The van der Waals surface area contributed by atoms with Crippen molar-refractivity contribution in [3.05, 3.63) is 70.3 Å². The fourth-order valence-electron chi connectivity index (χ4n) is 2.11. The van der Waals surface area contributed by atoms with Crippen LogP contribution in [0.15, 0.2) is 54.6 Å². The number of hydrogen-bond acceptors (Lipinski definition) is 6. The quantitative estimate of drug-likeness (QED) is 0.407. The van der Waals surface area contributed by atoms with E-state index in [2.05, 4.69) is 0 Å². The number of carbonyl (C=O) groups excluding carboxylic acids is 2. The molecule has 0 radical (unpaired) electrons. The van der Waals surface area contributed by atoms with Crippen LogP contribution in [0.1, 0.15) is 5.56 Å². The molecule has 0 fully saturated rings. The Balaban J connectivity index is 1.78. The monoisotopic (exact) mass is 358 g/mol. The van der Waals surface area contributed by atoms with E-state index in [-0.39, 0.29) is 17.3 Å². The van der Waals surface area contributed by atoms with Crippen molar-refractivity contribution in [3.8, 4) is 5.75 Å². The molecule has 0 saturated carbocycles. The van der Waals surface area contributed by atoms with Crippen molar-refractivity contribution in [2.24, 2.45) is 0 Å². The summed E-state index contributed by atoms with van der Waals surface area (Å²) < 4.78 is 9.97. The molecule has 0 spiro atoms. The van der Waals surface area contributed by atoms with E-state index < -0.39 is 24.1 Å². The average molecular weight is 358 g/mol. The number of nitrogens with zero attached hydrogens (tertiary/aromatic N) is 2. The Morgan fingerprint density at radius 3 is 2.38 bits per heavy atom. The molecule has 0 bridgehead atoms. The zero-order valence-corrected chi connectivity index (χ0v) is 14.2. The van der Waals surface area contributed by atoms with Gasteiger partial charge in [-0.05, 0) is 11.6 Å². The number of amides is 1. The van der Waals surface area contributed by atoms with Gasteiger partial charge >= 0.3 is 11.7 Å². The van der Waals surface area contributed by atoms with Crippen LogP contribution in [0, 0.1) is 10.1 Å². The number of likely N-dealkylation sites (N-methyl/N-ethyl adjacent to an activating group) is 1. The second-order valence-corrected chi connectivity index (χ2v) is 5.41. The van der Waals surface area contributed by atoms with Gasteiger partial charge in [-0.15, -0.1) is 0 Å². The summed E-state index contributed by atoms with van der Waals surface area (Å²) in [6, 6.07) is 15.1. The lowest BCUT2D eigenvalue weighted by Gasteiger charge is -2.17. The summed E-state index contributed by atoms with van der Waals surface area (Å²) in [7, 11) is 1.60. The summed E-state index contributed by atoms with van der Waals surface area (Å²) in [5.74, 6) is -1.19. The van der Waals surface area contributed by atoms with E-state index in [1.165, 1.54) is 23.1 Å². The highest BCUT2D eigenvalue weighted by Crippen LogP contribution is 2.25. The molecule has 0 heterocycles. The summed E-state index contributed by atoms with van der Waals surface area (Å²) in [5.41, 5.74) is 0.702. The molecule has 0 aliphatic carbocycles. The van der Waals surface area contributed by atoms with Crippen LogP contribution in [0.25, 0.3) is 0 Å². The minimum absolute atomic E-state index is 0.0398. The van der Waals surface area contributed by atoms with Crippen LogP contribution in [-0.2, 0) is 20.9 Å². The van der Waals surface area contributed by atoms with Crippen LogP contribution in [0.2, 0.25) is 0 Å². The summed E-state index contributed by atoms with van der Waals surface area (Å²) in [5, 5.41) is 10.9. The van der Waals surface area contributed by atoms with Crippen molar-refractivity contribution in [2.75, 3.05) is 20.3 Å². The highest BCUT2D eigenvalue weighted by atomic mass is 16.6. The second-order valence-electron chi connectivity index (χ2n) is 5.41. The number of nitro benzene ring substituents is 1. The van der Waals surface area contributed by atoms with Gasteiger partial charge in [-0.3, -0.25) is 14.9 Å². The van der Waals surface area contributed by atoms with Crippen LogP contribution < -0.4 is 4.74 Å². The third kappa shape index (κ3) is 5.59. The molecule has 26 heavy (non-hydrogen) atoms. The molecule has 0 aliphatic rings. The molecule has 0 N–H and O–H groups in total. The number of carbonyl (C=O) groups is 2. The fraction of sp³-hybridized carbons (Fsp3) is 0.222. The van der Waals surface area contributed by atoms with Gasteiger partial charge in [0.25, 0.3) is 5.91 Å². The predicted octanol–water partition coefficient (Wildman–Crippen LogP) is 2.18. The zero-order valence-electron chi connectivity index (χ0n) is 14.2. The maximum absolute atomic E-state index is 12.0. The Morgan fingerprint density at radius 1 is 1.04 bits per heavy atom. The van der Waals surface area contributed by atoms with Crippen molar-refractivity contribution < 1.29 is 24.0 Å². The molecular formula is C18H18N2O6. The molecule has 2 rings (SSSR count). The van der Waals surface area contributed by atoms with Crippen LogP contribution in [-0.4, -0.2) is 42.0 Å². The molecule has 8 heteroatoms. The van der Waals surface area contributed by atoms with E-state index in [0.29, 0.717) is 6.54 Å². The lowest BCUT2D eigenvalue weighted by atomic mass is 10.2. The molecular weight excluding hydrogens is 340 g/mol. The Labute approximate surface area is 150 Å². The minimum atomic E-state index is -0.787. The number of benzene rings is 2. The molecule has 0 unspecified atom stereocenters. The number of hydrogen-bond donors (Lipinski definition) is 0. The van der Waals surface area contributed by atoms with E-state index >= 15 is 0 Å². The highest BCUT2D eigenvalue weighted by molar-refractivity contribution is 5.80. The fourth-order valence-corrected chi connectivity index (χ4v) is 2.11. The minimum Gasteiger partial charge on any atom is -0.475 e. The largest absolute Gasteiger partial charge is 0.475 e. The molecule has 1 amide bonds. The van der Waals surface area contributed by atoms with Crippen molar-refractivity contribution in [1.29, 1.82) is 0 Å². The first kappa shape index (κ1) is 18.9. The van der Waals surface area contributed by atoms with Gasteiger partial charge in [0, 0.05) is 19.7 Å². The van der Waals surface area contributed by atoms with Gasteiger partial charge in [0.1, 0.15) is 0 Å². The predicted molar refractivity (Wildman–Crippen MR) is 92.5 cm³/mol. The topological polar surface area (TPSA) is 99.0 Å². The van der Waals surface area contributed by atoms with Crippen molar-refractivity contribution in [1.82, 2.24) is 4.90 Å². The Morgan fingerprint density at radius 2 is 1.69 bits per heavy atom.